The predicted molar refractivity (Wildman–Crippen MR) is 83.0 cm³/mol. The molecule has 1 N–H and O–H groups in total. The van der Waals surface area contributed by atoms with Crippen molar-refractivity contribution in [3.05, 3.63) is 65.5 Å². The summed E-state index contributed by atoms with van der Waals surface area (Å²) >= 11 is 0. The lowest BCUT2D eigenvalue weighted by Crippen LogP contribution is -2.38. The van der Waals surface area contributed by atoms with E-state index >= 15 is 0 Å². The lowest BCUT2D eigenvalue weighted by Gasteiger charge is -2.20. The van der Waals surface area contributed by atoms with Gasteiger partial charge < -0.3 is 10.2 Å². The van der Waals surface area contributed by atoms with Crippen LogP contribution in [0, 0.1) is 17.5 Å². The number of likely N-dealkylation sites (N-methyl/N-ethyl adjacent to an activating group) is 1. The van der Waals surface area contributed by atoms with Crippen molar-refractivity contribution in [2.45, 2.75) is 6.92 Å². The second-order valence-corrected chi connectivity index (χ2v) is 4.97. The van der Waals surface area contributed by atoms with Crippen molar-refractivity contribution in [1.29, 1.82) is 0 Å². The molecule has 2 aromatic rings. The van der Waals surface area contributed by atoms with Gasteiger partial charge in [-0.2, -0.15) is 0 Å². The molecule has 0 atom stereocenters. The number of nitrogens with zero attached hydrogens (tertiary/aromatic N) is 1. The first-order valence-corrected chi connectivity index (χ1v) is 7.21. The van der Waals surface area contributed by atoms with E-state index in [1.807, 2.05) is 0 Å². The van der Waals surface area contributed by atoms with E-state index in [2.05, 4.69) is 5.32 Å². The van der Waals surface area contributed by atoms with E-state index in [1.54, 1.807) is 6.92 Å². The number of hydrogen-bond acceptors (Lipinski definition) is 2. The molecule has 0 unspecified atom stereocenters. The lowest BCUT2D eigenvalue weighted by molar-refractivity contribution is -0.116. The van der Waals surface area contributed by atoms with Crippen molar-refractivity contribution in [3.8, 4) is 0 Å². The fourth-order valence-electron chi connectivity index (χ4n) is 2.07. The Labute approximate surface area is 136 Å². The third-order valence-electron chi connectivity index (χ3n) is 3.32. The number of amides is 2. The van der Waals surface area contributed by atoms with E-state index < -0.39 is 35.0 Å². The first-order chi connectivity index (χ1) is 11.4. The van der Waals surface area contributed by atoms with Gasteiger partial charge in [0.05, 0.1) is 0 Å². The number of carbonyl (C=O) groups excluding carboxylic acids is 2. The molecule has 0 aliphatic heterocycles. The number of rotatable bonds is 5. The van der Waals surface area contributed by atoms with Crippen LogP contribution in [-0.4, -0.2) is 29.8 Å². The van der Waals surface area contributed by atoms with Crippen LogP contribution in [0.1, 0.15) is 17.3 Å². The van der Waals surface area contributed by atoms with Crippen LogP contribution in [0.5, 0.6) is 0 Å². The first kappa shape index (κ1) is 17.5. The third kappa shape index (κ3) is 4.13. The van der Waals surface area contributed by atoms with Crippen molar-refractivity contribution < 1.29 is 22.8 Å². The normalized spacial score (nSPS) is 10.3. The number of hydrogen-bond donors (Lipinski definition) is 1. The topological polar surface area (TPSA) is 49.4 Å². The zero-order valence-corrected chi connectivity index (χ0v) is 12.9. The molecule has 2 amide bonds. The predicted octanol–water partition coefficient (Wildman–Crippen LogP) is 3.20. The van der Waals surface area contributed by atoms with Gasteiger partial charge in [-0.25, -0.2) is 13.2 Å². The van der Waals surface area contributed by atoms with Crippen molar-refractivity contribution in [2.24, 2.45) is 0 Å². The monoisotopic (exact) mass is 336 g/mol. The van der Waals surface area contributed by atoms with Gasteiger partial charge in [0.25, 0.3) is 5.91 Å². The van der Waals surface area contributed by atoms with E-state index in [4.69, 9.17) is 0 Å². The van der Waals surface area contributed by atoms with Gasteiger partial charge in [0.1, 0.15) is 29.7 Å². The highest BCUT2D eigenvalue weighted by Crippen LogP contribution is 2.18. The highest BCUT2D eigenvalue weighted by molar-refractivity contribution is 5.99. The number of halogens is 3. The standard InChI is InChI=1S/C17H15F3N2O2/c1-2-22(17(24)11-6-8-12(18)9-7-11)10-15(23)21-16-13(19)4-3-5-14(16)20/h3-9H,2,10H2,1H3,(H,21,23). The zero-order valence-electron chi connectivity index (χ0n) is 12.9. The Balaban J connectivity index is 2.08. The Morgan fingerprint density at radius 2 is 1.58 bits per heavy atom. The van der Waals surface area contributed by atoms with Crippen LogP contribution < -0.4 is 5.32 Å². The van der Waals surface area contributed by atoms with Crippen LogP contribution in [-0.2, 0) is 4.79 Å². The number of para-hydroxylation sites is 1. The summed E-state index contributed by atoms with van der Waals surface area (Å²) in [6, 6.07) is 8.08. The van der Waals surface area contributed by atoms with Crippen molar-refractivity contribution in [1.82, 2.24) is 4.90 Å². The summed E-state index contributed by atoms with van der Waals surface area (Å²) in [7, 11) is 0. The fraction of sp³-hybridized carbons (Fsp3) is 0.176. The minimum Gasteiger partial charge on any atom is -0.330 e. The third-order valence-corrected chi connectivity index (χ3v) is 3.32. The molecule has 0 heterocycles. The lowest BCUT2D eigenvalue weighted by atomic mass is 10.2. The molecule has 0 aromatic heterocycles. The number of anilines is 1. The maximum Gasteiger partial charge on any atom is 0.254 e. The quantitative estimate of drug-likeness (QED) is 0.911. The molecule has 0 fully saturated rings. The van der Waals surface area contributed by atoms with Crippen LogP contribution in [0.25, 0.3) is 0 Å². The Morgan fingerprint density at radius 1 is 1.00 bits per heavy atom. The average molecular weight is 336 g/mol. The van der Waals surface area contributed by atoms with Gasteiger partial charge in [-0.15, -0.1) is 0 Å². The number of benzene rings is 2. The maximum atomic E-state index is 13.5. The molecule has 24 heavy (non-hydrogen) atoms. The summed E-state index contributed by atoms with van der Waals surface area (Å²) < 4.78 is 39.9. The van der Waals surface area contributed by atoms with Crippen LogP contribution in [0.3, 0.4) is 0 Å². The molecule has 4 nitrogen and oxygen atoms in total. The van der Waals surface area contributed by atoms with Gasteiger partial charge in [-0.05, 0) is 43.3 Å². The fourth-order valence-corrected chi connectivity index (χ4v) is 2.07. The summed E-state index contributed by atoms with van der Waals surface area (Å²) in [5.41, 5.74) is -0.351. The molecule has 2 aromatic carbocycles. The molecule has 0 bridgehead atoms. The first-order valence-electron chi connectivity index (χ1n) is 7.21. The Bertz CT molecular complexity index is 728. The minimum atomic E-state index is -0.906. The summed E-state index contributed by atoms with van der Waals surface area (Å²) in [5.74, 6) is -3.52. The van der Waals surface area contributed by atoms with Crippen LogP contribution in [0.15, 0.2) is 42.5 Å². The minimum absolute atomic E-state index is 0.198. The highest BCUT2D eigenvalue weighted by atomic mass is 19.1. The summed E-state index contributed by atoms with van der Waals surface area (Å²) in [6.07, 6.45) is 0. The van der Waals surface area contributed by atoms with E-state index in [9.17, 15) is 22.8 Å². The van der Waals surface area contributed by atoms with E-state index in [1.165, 1.54) is 23.1 Å². The van der Waals surface area contributed by atoms with Gasteiger partial charge in [-0.3, -0.25) is 9.59 Å². The number of carbonyl (C=O) groups is 2. The average Bonchev–Trinajstić information content (AvgIpc) is 2.56. The maximum absolute atomic E-state index is 13.5. The summed E-state index contributed by atoms with van der Waals surface area (Å²) in [4.78, 5) is 25.4. The molecular weight excluding hydrogens is 321 g/mol. The second kappa shape index (κ2) is 7.63. The second-order valence-electron chi connectivity index (χ2n) is 4.97. The molecular formula is C17H15F3N2O2. The molecule has 0 saturated heterocycles. The van der Waals surface area contributed by atoms with Gasteiger partial charge in [-0.1, -0.05) is 6.07 Å². The summed E-state index contributed by atoms with van der Waals surface area (Å²) in [6.45, 7) is 1.46. The smallest absolute Gasteiger partial charge is 0.254 e. The van der Waals surface area contributed by atoms with Crippen molar-refractivity contribution in [2.75, 3.05) is 18.4 Å². The molecule has 0 aliphatic carbocycles. The van der Waals surface area contributed by atoms with Gasteiger partial charge >= 0.3 is 0 Å². The Hall–Kier alpha value is -2.83. The summed E-state index contributed by atoms with van der Waals surface area (Å²) in [5, 5.41) is 2.12. The van der Waals surface area contributed by atoms with Crippen LogP contribution >= 0.6 is 0 Å². The SMILES string of the molecule is CCN(CC(=O)Nc1c(F)cccc1F)C(=O)c1ccc(F)cc1. The van der Waals surface area contributed by atoms with Crippen LogP contribution in [0.4, 0.5) is 18.9 Å². The molecule has 7 heteroatoms. The van der Waals surface area contributed by atoms with E-state index in [0.717, 1.165) is 24.3 Å². The molecule has 126 valence electrons. The van der Waals surface area contributed by atoms with Crippen molar-refractivity contribution >= 4 is 17.5 Å². The highest BCUT2D eigenvalue weighted by Gasteiger charge is 2.19. The molecule has 0 aliphatic rings. The molecule has 0 radical (unpaired) electrons. The molecule has 0 spiro atoms. The van der Waals surface area contributed by atoms with Gasteiger partial charge in [0.15, 0.2) is 0 Å². The largest absolute Gasteiger partial charge is 0.330 e. The Kier molecular flexibility index (Phi) is 5.57. The van der Waals surface area contributed by atoms with Gasteiger partial charge in [0.2, 0.25) is 5.91 Å². The Morgan fingerprint density at radius 3 is 2.12 bits per heavy atom. The van der Waals surface area contributed by atoms with E-state index in [0.29, 0.717) is 0 Å². The zero-order chi connectivity index (χ0) is 17.7. The van der Waals surface area contributed by atoms with Crippen LogP contribution in [0.2, 0.25) is 0 Å². The van der Waals surface area contributed by atoms with Gasteiger partial charge in [0, 0.05) is 12.1 Å². The number of nitrogens with one attached hydrogen (secondary N) is 1. The molecule has 0 saturated carbocycles. The van der Waals surface area contributed by atoms with Crippen molar-refractivity contribution in [3.63, 3.8) is 0 Å². The van der Waals surface area contributed by atoms with E-state index in [-0.39, 0.29) is 18.7 Å². The molecule has 2 rings (SSSR count).